The van der Waals surface area contributed by atoms with Gasteiger partial charge in [-0.3, -0.25) is 4.79 Å². The Hall–Kier alpha value is -2.68. The van der Waals surface area contributed by atoms with Crippen molar-refractivity contribution in [3.8, 4) is 0 Å². The Morgan fingerprint density at radius 1 is 1.09 bits per heavy atom. The smallest absolute Gasteiger partial charge is 0.242 e. The number of carbonyl (C=O) groups excluding carboxylic acids is 1. The van der Waals surface area contributed by atoms with Crippen LogP contribution >= 0.6 is 0 Å². The number of ether oxygens (including phenoxy) is 1. The van der Waals surface area contributed by atoms with E-state index in [0.29, 0.717) is 18.7 Å². The fourth-order valence-electron chi connectivity index (χ4n) is 3.54. The summed E-state index contributed by atoms with van der Waals surface area (Å²) in [6.45, 7) is 7.15. The first-order chi connectivity index (χ1) is 15.2. The zero-order valence-corrected chi connectivity index (χ0v) is 19.8. The van der Waals surface area contributed by atoms with E-state index in [4.69, 9.17) is 4.74 Å². The lowest BCUT2D eigenvalue weighted by molar-refractivity contribution is -0.118. The number of benzene rings is 2. The van der Waals surface area contributed by atoms with Crippen molar-refractivity contribution in [3.05, 3.63) is 60.3 Å². The normalized spacial score (nSPS) is 12.9. The molecule has 1 amide bonds. The minimum absolute atomic E-state index is 0.128. The Balaban J connectivity index is 1.78. The third-order valence-electron chi connectivity index (χ3n) is 5.23. The molecule has 0 saturated carbocycles. The van der Waals surface area contributed by atoms with Crippen LogP contribution in [0.4, 0.5) is 5.69 Å². The molecule has 1 atom stereocenters. The molecule has 2 aromatic carbocycles. The minimum Gasteiger partial charge on any atom is -0.383 e. The Kier molecular flexibility index (Phi) is 7.71. The zero-order valence-electron chi connectivity index (χ0n) is 19.0. The highest BCUT2D eigenvalue weighted by Gasteiger charge is 2.26. The molecule has 0 radical (unpaired) electrons. The average Bonchev–Trinajstić information content (AvgIpc) is 3.13. The molecule has 1 unspecified atom stereocenters. The number of methoxy groups -OCH3 is 1. The van der Waals surface area contributed by atoms with Gasteiger partial charge in [0.2, 0.25) is 15.9 Å². The third kappa shape index (κ3) is 5.97. The van der Waals surface area contributed by atoms with Crippen LogP contribution in [0.1, 0.15) is 25.8 Å². The Labute approximate surface area is 189 Å². The molecule has 0 spiro atoms. The standard InChI is InChI=1S/C24H31N3O4S/c1-17(2)15-22(26-32(29,30)21-8-5-18(3)6-9-21)24(28)25-20-7-10-23-19(16-20)11-12-27(23)13-14-31-4/h5-12,16-17,22,26H,13-15H2,1-4H3,(H,25,28). The van der Waals surface area contributed by atoms with E-state index < -0.39 is 16.1 Å². The first-order valence-corrected chi connectivity index (χ1v) is 12.2. The summed E-state index contributed by atoms with van der Waals surface area (Å²) in [4.78, 5) is 13.2. The van der Waals surface area contributed by atoms with Gasteiger partial charge in [0, 0.05) is 36.4 Å². The van der Waals surface area contributed by atoms with Gasteiger partial charge in [-0.05, 0) is 55.7 Å². The lowest BCUT2D eigenvalue weighted by atomic mass is 10.0. The van der Waals surface area contributed by atoms with Gasteiger partial charge in [0.05, 0.1) is 11.5 Å². The monoisotopic (exact) mass is 457 g/mol. The van der Waals surface area contributed by atoms with Crippen LogP contribution in [-0.4, -0.2) is 38.7 Å². The molecular formula is C24H31N3O4S. The van der Waals surface area contributed by atoms with Crippen LogP contribution in [0.3, 0.4) is 0 Å². The number of aromatic nitrogens is 1. The van der Waals surface area contributed by atoms with Gasteiger partial charge in [-0.25, -0.2) is 8.42 Å². The van der Waals surface area contributed by atoms with Crippen LogP contribution in [0, 0.1) is 12.8 Å². The van der Waals surface area contributed by atoms with Crippen molar-refractivity contribution in [1.82, 2.24) is 9.29 Å². The molecule has 3 aromatic rings. The highest BCUT2D eigenvalue weighted by molar-refractivity contribution is 7.89. The molecule has 7 nitrogen and oxygen atoms in total. The molecule has 0 saturated heterocycles. The predicted molar refractivity (Wildman–Crippen MR) is 127 cm³/mol. The van der Waals surface area contributed by atoms with E-state index in [9.17, 15) is 13.2 Å². The first-order valence-electron chi connectivity index (χ1n) is 10.7. The van der Waals surface area contributed by atoms with Crippen molar-refractivity contribution in [2.75, 3.05) is 19.0 Å². The second-order valence-electron chi connectivity index (χ2n) is 8.38. The minimum atomic E-state index is -3.83. The largest absolute Gasteiger partial charge is 0.383 e. The van der Waals surface area contributed by atoms with E-state index >= 15 is 0 Å². The molecule has 0 bridgehead atoms. The summed E-state index contributed by atoms with van der Waals surface area (Å²) >= 11 is 0. The summed E-state index contributed by atoms with van der Waals surface area (Å²) in [6.07, 6.45) is 2.36. The molecule has 2 N–H and O–H groups in total. The van der Waals surface area contributed by atoms with Crippen LogP contribution in [-0.2, 0) is 26.1 Å². The topological polar surface area (TPSA) is 89.4 Å². The number of nitrogens with one attached hydrogen (secondary N) is 2. The fourth-order valence-corrected chi connectivity index (χ4v) is 4.75. The lowest BCUT2D eigenvalue weighted by Crippen LogP contribution is -2.44. The van der Waals surface area contributed by atoms with Crippen molar-refractivity contribution >= 4 is 32.5 Å². The maximum absolute atomic E-state index is 13.0. The second-order valence-corrected chi connectivity index (χ2v) is 10.1. The van der Waals surface area contributed by atoms with E-state index in [1.165, 1.54) is 0 Å². The number of aryl methyl sites for hydroxylation is 1. The number of sulfonamides is 1. The zero-order chi connectivity index (χ0) is 23.3. The highest BCUT2D eigenvalue weighted by atomic mass is 32.2. The lowest BCUT2D eigenvalue weighted by Gasteiger charge is -2.20. The number of nitrogens with zero attached hydrogens (tertiary/aromatic N) is 1. The van der Waals surface area contributed by atoms with Gasteiger partial charge in [0.25, 0.3) is 0 Å². The van der Waals surface area contributed by atoms with Gasteiger partial charge in [-0.1, -0.05) is 31.5 Å². The molecule has 0 aliphatic heterocycles. The van der Waals surface area contributed by atoms with Crippen LogP contribution < -0.4 is 10.0 Å². The van der Waals surface area contributed by atoms with Gasteiger partial charge in [0.1, 0.15) is 6.04 Å². The molecule has 1 heterocycles. The SMILES string of the molecule is COCCn1ccc2cc(NC(=O)C(CC(C)C)NS(=O)(=O)c3ccc(C)cc3)ccc21. The second kappa shape index (κ2) is 10.3. The molecule has 0 fully saturated rings. The van der Waals surface area contributed by atoms with E-state index in [1.54, 1.807) is 31.4 Å². The van der Waals surface area contributed by atoms with Crippen molar-refractivity contribution < 1.29 is 17.9 Å². The number of anilines is 1. The average molecular weight is 458 g/mol. The van der Waals surface area contributed by atoms with Gasteiger partial charge < -0.3 is 14.6 Å². The first kappa shape index (κ1) is 24.0. The fraction of sp³-hybridized carbons (Fsp3) is 0.375. The summed E-state index contributed by atoms with van der Waals surface area (Å²) < 4.78 is 35.5. The van der Waals surface area contributed by atoms with Crippen molar-refractivity contribution in [2.24, 2.45) is 5.92 Å². The molecular weight excluding hydrogens is 426 g/mol. The Morgan fingerprint density at radius 2 is 1.81 bits per heavy atom. The van der Waals surface area contributed by atoms with Gasteiger partial charge >= 0.3 is 0 Å². The summed E-state index contributed by atoms with van der Waals surface area (Å²) in [5, 5.41) is 3.86. The maximum atomic E-state index is 13.0. The highest BCUT2D eigenvalue weighted by Crippen LogP contribution is 2.21. The Morgan fingerprint density at radius 3 is 2.47 bits per heavy atom. The van der Waals surface area contributed by atoms with Crippen LogP contribution in [0.5, 0.6) is 0 Å². The number of hydrogen-bond donors (Lipinski definition) is 2. The summed E-state index contributed by atoms with van der Waals surface area (Å²) in [5.74, 6) is -0.253. The molecule has 32 heavy (non-hydrogen) atoms. The van der Waals surface area contributed by atoms with E-state index in [1.807, 2.05) is 51.2 Å². The van der Waals surface area contributed by atoms with E-state index in [2.05, 4.69) is 14.6 Å². The van der Waals surface area contributed by atoms with Crippen molar-refractivity contribution in [3.63, 3.8) is 0 Å². The molecule has 0 aliphatic rings. The molecule has 172 valence electrons. The van der Waals surface area contributed by atoms with Crippen LogP contribution in [0.25, 0.3) is 10.9 Å². The van der Waals surface area contributed by atoms with Gasteiger partial charge in [-0.2, -0.15) is 4.72 Å². The number of amides is 1. The molecule has 1 aromatic heterocycles. The summed E-state index contributed by atoms with van der Waals surface area (Å²) in [7, 11) is -2.16. The molecule has 3 rings (SSSR count). The summed E-state index contributed by atoms with van der Waals surface area (Å²) in [6, 6.07) is 13.3. The maximum Gasteiger partial charge on any atom is 0.242 e. The van der Waals surface area contributed by atoms with E-state index in [-0.39, 0.29) is 16.7 Å². The van der Waals surface area contributed by atoms with Crippen molar-refractivity contribution in [2.45, 2.75) is 44.7 Å². The van der Waals surface area contributed by atoms with Crippen LogP contribution in [0.15, 0.2) is 59.6 Å². The van der Waals surface area contributed by atoms with Crippen molar-refractivity contribution in [1.29, 1.82) is 0 Å². The number of hydrogen-bond acceptors (Lipinski definition) is 4. The number of fused-ring (bicyclic) bond motifs is 1. The quantitative estimate of drug-likeness (QED) is 0.483. The number of rotatable bonds is 10. The predicted octanol–water partition coefficient (Wildman–Crippen LogP) is 3.93. The Bertz CT molecular complexity index is 1170. The number of carbonyl (C=O) groups is 1. The molecule has 0 aliphatic carbocycles. The van der Waals surface area contributed by atoms with Crippen LogP contribution in [0.2, 0.25) is 0 Å². The molecule has 8 heteroatoms. The van der Waals surface area contributed by atoms with Gasteiger partial charge in [0.15, 0.2) is 0 Å². The van der Waals surface area contributed by atoms with Gasteiger partial charge in [-0.15, -0.1) is 0 Å². The third-order valence-corrected chi connectivity index (χ3v) is 6.71. The summed E-state index contributed by atoms with van der Waals surface area (Å²) in [5.41, 5.74) is 2.63. The van der Waals surface area contributed by atoms with E-state index in [0.717, 1.165) is 23.0 Å².